The average Bonchev–Trinajstić information content (AvgIpc) is 2.34. The normalized spacial score (nSPS) is 9.61. The Balaban J connectivity index is 2.46. The van der Waals surface area contributed by atoms with Crippen LogP contribution in [-0.2, 0) is 4.79 Å². The molecule has 18 heavy (non-hydrogen) atoms. The van der Waals surface area contributed by atoms with Crippen molar-refractivity contribution in [2.24, 2.45) is 5.73 Å². The molecule has 7 heteroatoms. The monoisotopic (exact) mass is 266 g/mol. The van der Waals surface area contributed by atoms with Crippen LogP contribution in [0, 0.1) is 0 Å². The lowest BCUT2D eigenvalue weighted by molar-refractivity contribution is -0.118. The summed E-state index contributed by atoms with van der Waals surface area (Å²) < 4.78 is 0. The van der Waals surface area contributed by atoms with Crippen molar-refractivity contribution in [3.05, 3.63) is 29.6 Å². The first-order chi connectivity index (χ1) is 8.50. The van der Waals surface area contributed by atoms with Crippen LogP contribution >= 0.6 is 12.2 Å². The van der Waals surface area contributed by atoms with Crippen LogP contribution in [0.4, 0.5) is 0 Å². The summed E-state index contributed by atoms with van der Waals surface area (Å²) in [5.74, 6) is -0.446. The van der Waals surface area contributed by atoms with Crippen LogP contribution in [0.1, 0.15) is 23.0 Å². The second-order valence-electron chi connectivity index (χ2n) is 3.54. The van der Waals surface area contributed by atoms with Gasteiger partial charge in [0.05, 0.1) is 0 Å². The van der Waals surface area contributed by atoms with Crippen molar-refractivity contribution in [3.8, 4) is 0 Å². The summed E-state index contributed by atoms with van der Waals surface area (Å²) >= 11 is 4.78. The van der Waals surface area contributed by atoms with Crippen molar-refractivity contribution in [2.45, 2.75) is 6.92 Å². The third-order valence-electron chi connectivity index (χ3n) is 2.07. The van der Waals surface area contributed by atoms with Crippen molar-refractivity contribution < 1.29 is 9.59 Å². The van der Waals surface area contributed by atoms with E-state index in [-0.39, 0.29) is 22.5 Å². The molecule has 0 aliphatic rings. The molecule has 1 aromatic heterocycles. The zero-order chi connectivity index (χ0) is 13.5. The number of amides is 2. The number of aromatic nitrogens is 1. The van der Waals surface area contributed by atoms with Gasteiger partial charge in [-0.05, 0) is 12.1 Å². The van der Waals surface area contributed by atoms with Gasteiger partial charge in [-0.1, -0.05) is 12.2 Å². The van der Waals surface area contributed by atoms with Gasteiger partial charge in [0.2, 0.25) is 5.91 Å². The lowest BCUT2D eigenvalue weighted by Gasteiger charge is -2.05. The molecule has 0 radical (unpaired) electrons. The number of nitrogens with zero attached hydrogens (tertiary/aromatic N) is 1. The number of nitrogens with two attached hydrogens (primary N) is 1. The summed E-state index contributed by atoms with van der Waals surface area (Å²) in [6, 6.07) is 3.18. The highest BCUT2D eigenvalue weighted by Gasteiger charge is 2.06. The summed E-state index contributed by atoms with van der Waals surface area (Å²) in [5.41, 5.74) is 6.30. The fourth-order valence-corrected chi connectivity index (χ4v) is 1.30. The second-order valence-corrected chi connectivity index (χ2v) is 3.98. The topological polar surface area (TPSA) is 97.1 Å². The first-order valence-corrected chi connectivity index (χ1v) is 5.70. The van der Waals surface area contributed by atoms with E-state index in [9.17, 15) is 9.59 Å². The SMILES string of the molecule is CC(=O)NCCNC(=O)c1ccc(C(N)=S)cn1. The minimum absolute atomic E-state index is 0.136. The van der Waals surface area contributed by atoms with E-state index >= 15 is 0 Å². The number of carbonyl (C=O) groups is 2. The Kier molecular flexibility index (Phi) is 5.19. The van der Waals surface area contributed by atoms with Crippen LogP contribution in [0.25, 0.3) is 0 Å². The fourth-order valence-electron chi connectivity index (χ4n) is 1.18. The van der Waals surface area contributed by atoms with Gasteiger partial charge in [0.15, 0.2) is 0 Å². The van der Waals surface area contributed by atoms with Crippen LogP contribution < -0.4 is 16.4 Å². The Bertz CT molecular complexity index is 459. The fraction of sp³-hybridized carbons (Fsp3) is 0.273. The van der Waals surface area contributed by atoms with E-state index in [1.807, 2.05) is 0 Å². The maximum atomic E-state index is 11.6. The van der Waals surface area contributed by atoms with Crippen molar-refractivity contribution in [3.63, 3.8) is 0 Å². The highest BCUT2D eigenvalue weighted by Crippen LogP contribution is 2.00. The van der Waals surface area contributed by atoms with Crippen LogP contribution in [0.15, 0.2) is 18.3 Å². The standard InChI is InChI=1S/C11H14N4O2S/c1-7(16)13-4-5-14-11(17)9-3-2-8(6-15-9)10(12)18/h2-3,6H,4-5H2,1H3,(H2,12,18)(H,13,16)(H,14,17). The second kappa shape index (κ2) is 6.65. The zero-order valence-corrected chi connectivity index (χ0v) is 10.7. The van der Waals surface area contributed by atoms with Gasteiger partial charge < -0.3 is 16.4 Å². The summed E-state index contributed by atoms with van der Waals surface area (Å²) in [4.78, 5) is 26.4. The molecule has 0 aliphatic heterocycles. The number of nitrogens with one attached hydrogen (secondary N) is 2. The summed E-state index contributed by atoms with van der Waals surface area (Å²) in [5, 5.41) is 5.19. The van der Waals surface area contributed by atoms with E-state index in [0.29, 0.717) is 18.7 Å². The van der Waals surface area contributed by atoms with Gasteiger partial charge in [-0.15, -0.1) is 0 Å². The Labute approximate surface area is 110 Å². The van der Waals surface area contributed by atoms with Crippen LogP contribution in [0.3, 0.4) is 0 Å². The summed E-state index contributed by atoms with van der Waals surface area (Å²) in [6.07, 6.45) is 1.45. The Morgan fingerprint density at radius 3 is 2.50 bits per heavy atom. The molecule has 0 saturated heterocycles. The molecule has 6 nitrogen and oxygen atoms in total. The van der Waals surface area contributed by atoms with Crippen molar-refractivity contribution in [1.82, 2.24) is 15.6 Å². The molecule has 96 valence electrons. The van der Waals surface area contributed by atoms with Gasteiger partial charge in [0.25, 0.3) is 5.91 Å². The number of hydrogen-bond acceptors (Lipinski definition) is 4. The van der Waals surface area contributed by atoms with E-state index in [1.54, 1.807) is 12.1 Å². The van der Waals surface area contributed by atoms with Crippen LogP contribution in [0.2, 0.25) is 0 Å². The third-order valence-corrected chi connectivity index (χ3v) is 2.30. The van der Waals surface area contributed by atoms with Crippen LogP contribution in [-0.4, -0.2) is 34.9 Å². The molecule has 0 saturated carbocycles. The van der Waals surface area contributed by atoms with Crippen LogP contribution in [0.5, 0.6) is 0 Å². The molecule has 0 aliphatic carbocycles. The van der Waals surface area contributed by atoms with E-state index in [2.05, 4.69) is 15.6 Å². The molecule has 0 aromatic carbocycles. The predicted molar refractivity (Wildman–Crippen MR) is 71.1 cm³/mol. The van der Waals surface area contributed by atoms with Crippen molar-refractivity contribution in [2.75, 3.05) is 13.1 Å². The molecule has 0 spiro atoms. The predicted octanol–water partition coefficient (Wildman–Crippen LogP) is -0.418. The first-order valence-electron chi connectivity index (χ1n) is 5.29. The van der Waals surface area contributed by atoms with E-state index in [4.69, 9.17) is 18.0 Å². The van der Waals surface area contributed by atoms with E-state index in [0.717, 1.165) is 0 Å². The Morgan fingerprint density at radius 2 is 2.00 bits per heavy atom. The Morgan fingerprint density at radius 1 is 1.33 bits per heavy atom. The van der Waals surface area contributed by atoms with Gasteiger partial charge in [-0.3, -0.25) is 14.6 Å². The minimum atomic E-state index is -0.310. The molecule has 0 unspecified atom stereocenters. The average molecular weight is 266 g/mol. The molecule has 0 atom stereocenters. The van der Waals surface area contributed by atoms with Gasteiger partial charge in [0, 0.05) is 31.8 Å². The molecule has 1 rings (SSSR count). The minimum Gasteiger partial charge on any atom is -0.389 e. The third kappa shape index (κ3) is 4.46. The summed E-state index contributed by atoms with van der Waals surface area (Å²) in [6.45, 7) is 2.14. The van der Waals surface area contributed by atoms with Crippen molar-refractivity contribution in [1.29, 1.82) is 0 Å². The Hall–Kier alpha value is -2.02. The maximum absolute atomic E-state index is 11.6. The number of carbonyl (C=O) groups excluding carboxylic acids is 2. The molecule has 2 amide bonds. The van der Waals surface area contributed by atoms with Gasteiger partial charge in [-0.2, -0.15) is 0 Å². The highest BCUT2D eigenvalue weighted by molar-refractivity contribution is 7.80. The van der Waals surface area contributed by atoms with Gasteiger partial charge >= 0.3 is 0 Å². The van der Waals surface area contributed by atoms with Gasteiger partial charge in [0.1, 0.15) is 10.7 Å². The van der Waals surface area contributed by atoms with E-state index < -0.39 is 0 Å². The highest BCUT2D eigenvalue weighted by atomic mass is 32.1. The largest absolute Gasteiger partial charge is 0.389 e. The van der Waals surface area contributed by atoms with E-state index in [1.165, 1.54) is 13.1 Å². The molecule has 4 N–H and O–H groups in total. The molecular formula is C11H14N4O2S. The maximum Gasteiger partial charge on any atom is 0.269 e. The molecular weight excluding hydrogens is 252 g/mol. The summed E-state index contributed by atoms with van der Waals surface area (Å²) in [7, 11) is 0. The number of thiocarbonyl (C=S) groups is 1. The van der Waals surface area contributed by atoms with Crippen molar-refractivity contribution >= 4 is 29.0 Å². The lowest BCUT2D eigenvalue weighted by atomic mass is 10.2. The van der Waals surface area contributed by atoms with Gasteiger partial charge in [-0.25, -0.2) is 0 Å². The first kappa shape index (κ1) is 14.0. The number of rotatable bonds is 5. The molecule has 1 aromatic rings. The smallest absolute Gasteiger partial charge is 0.269 e. The molecule has 1 heterocycles. The quantitative estimate of drug-likeness (QED) is 0.497. The zero-order valence-electron chi connectivity index (χ0n) is 9.90. The molecule has 0 bridgehead atoms. The number of pyridine rings is 1. The molecule has 0 fully saturated rings. The lowest BCUT2D eigenvalue weighted by Crippen LogP contribution is -2.34. The number of hydrogen-bond donors (Lipinski definition) is 3.